The predicted octanol–water partition coefficient (Wildman–Crippen LogP) is 3.91. The van der Waals surface area contributed by atoms with Gasteiger partial charge < -0.3 is 25.4 Å². The summed E-state index contributed by atoms with van der Waals surface area (Å²) in [5, 5.41) is 18.7. The van der Waals surface area contributed by atoms with E-state index in [1.807, 2.05) is 0 Å². The number of carbonyl (C=O) groups excluding carboxylic acids is 3. The minimum atomic E-state index is -0.605. The Morgan fingerprint density at radius 2 is 1.84 bits per heavy atom. The van der Waals surface area contributed by atoms with E-state index in [1.54, 1.807) is 50.1 Å². The van der Waals surface area contributed by atoms with Crippen LogP contribution in [0, 0.1) is 10.1 Å². The molecule has 3 heterocycles. The number of hydrogen-bond donors (Lipinski definition) is 2. The molecular formula is C30H42N8O7. The summed E-state index contributed by atoms with van der Waals surface area (Å²) in [7, 11) is 1.29. The molecule has 244 valence electrons. The van der Waals surface area contributed by atoms with E-state index in [4.69, 9.17) is 15.2 Å². The van der Waals surface area contributed by atoms with Crippen LogP contribution >= 0.6 is 0 Å². The van der Waals surface area contributed by atoms with Gasteiger partial charge in [-0.05, 0) is 58.6 Å². The van der Waals surface area contributed by atoms with E-state index in [0.29, 0.717) is 56.7 Å². The van der Waals surface area contributed by atoms with Gasteiger partial charge in [-0.15, -0.1) is 0 Å². The lowest BCUT2D eigenvalue weighted by Crippen LogP contribution is -2.42. The Labute approximate surface area is 262 Å². The fourth-order valence-corrected chi connectivity index (χ4v) is 4.64. The highest BCUT2D eigenvalue weighted by molar-refractivity contribution is 6.09. The number of piperidine rings is 1. The highest BCUT2D eigenvalue weighted by Crippen LogP contribution is 2.27. The van der Waals surface area contributed by atoms with Crippen molar-refractivity contribution in [1.29, 1.82) is 0 Å². The number of unbranched alkanes of at least 4 members (excludes halogenated alkanes) is 3. The molecule has 3 N–H and O–H groups in total. The predicted molar refractivity (Wildman–Crippen MR) is 167 cm³/mol. The molecule has 2 amide bonds. The maximum absolute atomic E-state index is 12.8. The number of carbonyl (C=O) groups is 3. The van der Waals surface area contributed by atoms with Crippen molar-refractivity contribution in [2.75, 3.05) is 33.3 Å². The molecule has 2 aromatic rings. The Balaban J connectivity index is 1.40. The quantitative estimate of drug-likeness (QED) is 0.108. The number of aromatic nitrogens is 3. The van der Waals surface area contributed by atoms with E-state index in [-0.39, 0.29) is 23.1 Å². The molecule has 0 atom stereocenters. The molecule has 1 aliphatic rings. The van der Waals surface area contributed by atoms with Gasteiger partial charge >= 0.3 is 17.7 Å². The Morgan fingerprint density at radius 3 is 2.49 bits per heavy atom. The average molecular weight is 627 g/mol. The number of nitrogens with one attached hydrogen (secondary N) is 1. The van der Waals surface area contributed by atoms with Gasteiger partial charge in [0.1, 0.15) is 17.5 Å². The highest BCUT2D eigenvalue weighted by Gasteiger charge is 2.31. The number of rotatable bonds is 13. The second-order valence-corrected chi connectivity index (χ2v) is 11.5. The van der Waals surface area contributed by atoms with Crippen LogP contribution < -0.4 is 11.1 Å². The van der Waals surface area contributed by atoms with Crippen molar-refractivity contribution in [3.05, 3.63) is 57.8 Å². The Morgan fingerprint density at radius 1 is 1.16 bits per heavy atom. The van der Waals surface area contributed by atoms with E-state index in [0.717, 1.165) is 19.3 Å². The highest BCUT2D eigenvalue weighted by atomic mass is 16.6. The third kappa shape index (κ3) is 10.4. The van der Waals surface area contributed by atoms with Crippen LogP contribution in [0.2, 0.25) is 0 Å². The van der Waals surface area contributed by atoms with Crippen molar-refractivity contribution in [2.45, 2.75) is 70.9 Å². The molecule has 0 saturated carbocycles. The summed E-state index contributed by atoms with van der Waals surface area (Å²) in [5.41, 5.74) is 5.81. The topological polar surface area (TPSA) is 197 Å². The zero-order valence-electron chi connectivity index (χ0n) is 26.2. The van der Waals surface area contributed by atoms with E-state index < -0.39 is 28.5 Å². The lowest BCUT2D eigenvalue weighted by Gasteiger charge is -2.33. The van der Waals surface area contributed by atoms with Crippen LogP contribution in [0.5, 0.6) is 0 Å². The average Bonchev–Trinajstić information content (AvgIpc) is 3.47. The maximum Gasteiger partial charge on any atom is 0.410 e. The van der Waals surface area contributed by atoms with Gasteiger partial charge in [0, 0.05) is 44.2 Å². The van der Waals surface area contributed by atoms with Crippen LogP contribution in [0.4, 0.5) is 10.5 Å². The molecule has 0 radical (unpaired) electrons. The number of likely N-dealkylation sites (tertiary alicyclic amines) is 1. The van der Waals surface area contributed by atoms with Crippen molar-refractivity contribution < 1.29 is 28.8 Å². The zero-order chi connectivity index (χ0) is 33.0. The first-order chi connectivity index (χ1) is 21.4. The fraction of sp³-hybridized carbons (Fsp3) is 0.533. The molecule has 3 rings (SSSR count). The fourth-order valence-electron chi connectivity index (χ4n) is 4.64. The van der Waals surface area contributed by atoms with Crippen molar-refractivity contribution in [1.82, 2.24) is 25.0 Å². The van der Waals surface area contributed by atoms with Crippen LogP contribution in [0.1, 0.15) is 92.0 Å². The number of allylic oxidation sites excluding steroid dienone is 1. The molecule has 45 heavy (non-hydrogen) atoms. The van der Waals surface area contributed by atoms with Crippen molar-refractivity contribution >= 4 is 35.4 Å². The molecule has 1 saturated heterocycles. The minimum absolute atomic E-state index is 0.176. The number of nitrogens with zero attached hydrogens (tertiary/aromatic N) is 6. The lowest BCUT2D eigenvalue weighted by atomic mass is 10.1. The van der Waals surface area contributed by atoms with E-state index in [2.05, 4.69) is 20.4 Å². The number of amides is 2. The first kappa shape index (κ1) is 34.7. The van der Waals surface area contributed by atoms with Crippen LogP contribution in [0.15, 0.2) is 35.6 Å². The molecule has 1 aliphatic heterocycles. The summed E-state index contributed by atoms with van der Waals surface area (Å²) in [5.74, 6) is -1.13. The molecule has 1 fully saturated rings. The number of pyridine rings is 1. The number of nitrogens with two attached hydrogens (primary N) is 1. The van der Waals surface area contributed by atoms with Gasteiger partial charge in [-0.2, -0.15) is 5.10 Å². The Hall–Kier alpha value is -4.82. The van der Waals surface area contributed by atoms with Crippen LogP contribution in [-0.4, -0.2) is 87.7 Å². The van der Waals surface area contributed by atoms with Crippen LogP contribution in [0.3, 0.4) is 0 Å². The second-order valence-electron chi connectivity index (χ2n) is 11.5. The number of nitro groups is 1. The summed E-state index contributed by atoms with van der Waals surface area (Å²) in [6, 6.07) is 4.79. The first-order valence-electron chi connectivity index (χ1n) is 14.9. The van der Waals surface area contributed by atoms with E-state index >= 15 is 0 Å². The van der Waals surface area contributed by atoms with Gasteiger partial charge in [0.05, 0.1) is 23.8 Å². The molecular weight excluding hydrogens is 584 g/mol. The largest absolute Gasteiger partial charge is 0.464 e. The van der Waals surface area contributed by atoms with Crippen molar-refractivity contribution in [2.24, 2.45) is 10.7 Å². The van der Waals surface area contributed by atoms with Crippen molar-refractivity contribution in [3.8, 4) is 0 Å². The summed E-state index contributed by atoms with van der Waals surface area (Å²) in [6.45, 7) is 7.16. The molecule has 15 nitrogen and oxygen atoms in total. The normalized spacial score (nSPS) is 14.4. The third-order valence-corrected chi connectivity index (χ3v) is 6.96. The molecule has 0 spiro atoms. The van der Waals surface area contributed by atoms with Gasteiger partial charge in [0.2, 0.25) is 5.69 Å². The van der Waals surface area contributed by atoms with Gasteiger partial charge in [0.15, 0.2) is 0 Å². The number of esters is 1. The minimum Gasteiger partial charge on any atom is -0.464 e. The van der Waals surface area contributed by atoms with Gasteiger partial charge in [-0.3, -0.25) is 24.6 Å². The zero-order valence-corrected chi connectivity index (χ0v) is 26.2. The molecule has 0 bridgehead atoms. The molecule has 2 aromatic heterocycles. The monoisotopic (exact) mass is 626 g/mol. The summed E-state index contributed by atoms with van der Waals surface area (Å²) >= 11 is 0. The van der Waals surface area contributed by atoms with Gasteiger partial charge in [-0.25, -0.2) is 14.6 Å². The second kappa shape index (κ2) is 16.3. The number of ether oxygens (including phenoxy) is 2. The SMILES string of the molecule is COC(=O)c1cccc(C(C=NCCCCCCNC(=O)c2nn(C3CCN(C(=O)OC(C)(C)C)CC3)cc2[N+](=O)[O-])=CN)n1. The smallest absolute Gasteiger partial charge is 0.410 e. The number of aliphatic imine (C=N–C) groups is 1. The Kier molecular flexibility index (Phi) is 12.6. The lowest BCUT2D eigenvalue weighted by molar-refractivity contribution is -0.385. The van der Waals surface area contributed by atoms with Crippen molar-refractivity contribution in [3.63, 3.8) is 0 Å². The summed E-state index contributed by atoms with van der Waals surface area (Å²) < 4.78 is 11.6. The molecule has 0 unspecified atom stereocenters. The molecule has 15 heteroatoms. The maximum atomic E-state index is 12.8. The Bertz CT molecular complexity index is 1410. The van der Waals surface area contributed by atoms with Crippen LogP contribution in [-0.2, 0) is 9.47 Å². The summed E-state index contributed by atoms with van der Waals surface area (Å²) in [4.78, 5) is 58.1. The van der Waals surface area contributed by atoms with Gasteiger partial charge in [0.25, 0.3) is 5.91 Å². The van der Waals surface area contributed by atoms with Gasteiger partial charge in [-0.1, -0.05) is 18.9 Å². The third-order valence-electron chi connectivity index (χ3n) is 6.96. The van der Waals surface area contributed by atoms with E-state index in [1.165, 1.54) is 24.2 Å². The van der Waals surface area contributed by atoms with Crippen LogP contribution in [0.25, 0.3) is 5.57 Å². The number of methoxy groups -OCH3 is 1. The molecule has 0 aliphatic carbocycles. The van der Waals surface area contributed by atoms with E-state index in [9.17, 15) is 24.5 Å². The standard InChI is InChI=1S/C30H42N8O7/c1-30(2,3)45-29(41)36-16-12-22(13-17-36)37-20-25(38(42)43)26(35-37)27(39)33-15-8-6-5-7-14-32-19-21(18-31)23-10-9-11-24(34-23)28(40)44-4/h9-11,18-20,22H,5-8,12-17,31H2,1-4H3,(H,33,39). The first-order valence-corrected chi connectivity index (χ1v) is 14.9. The summed E-state index contributed by atoms with van der Waals surface area (Å²) in [6.07, 6.45) is 8.13. The molecule has 0 aromatic carbocycles. The number of hydrogen-bond acceptors (Lipinski definition) is 11.